The number of benzene rings is 2. The van der Waals surface area contributed by atoms with E-state index in [1.165, 1.54) is 16.5 Å². The number of H-pyrrole nitrogens is 1. The van der Waals surface area contributed by atoms with Crippen LogP contribution in [0.3, 0.4) is 0 Å². The van der Waals surface area contributed by atoms with E-state index in [0.717, 1.165) is 22.6 Å². The van der Waals surface area contributed by atoms with E-state index in [9.17, 15) is 4.39 Å². The fourth-order valence-electron chi connectivity index (χ4n) is 2.58. The zero-order valence-electron chi connectivity index (χ0n) is 10.4. The Morgan fingerprint density at radius 2 is 2.15 bits per heavy atom. The Hall–Kier alpha value is -1.33. The molecule has 0 bridgehead atoms. The zero-order valence-corrected chi connectivity index (χ0v) is 12.8. The summed E-state index contributed by atoms with van der Waals surface area (Å²) in [6.45, 7) is 0. The quantitative estimate of drug-likeness (QED) is 0.690. The SMILES string of the molecule is Fc1cc2[nH]c(C3CSc4ccccc43)nc2cc1Br. The predicted molar refractivity (Wildman–Crippen MR) is 82.8 cm³/mol. The summed E-state index contributed by atoms with van der Waals surface area (Å²) in [7, 11) is 0. The Labute approximate surface area is 127 Å². The lowest BCUT2D eigenvalue weighted by molar-refractivity contribution is 0.623. The molecular weight excluding hydrogens is 339 g/mol. The maximum Gasteiger partial charge on any atom is 0.139 e. The minimum Gasteiger partial charge on any atom is -0.341 e. The van der Waals surface area contributed by atoms with Gasteiger partial charge in [0.25, 0.3) is 0 Å². The molecule has 0 fully saturated rings. The molecule has 1 aliphatic rings. The first kappa shape index (κ1) is 12.4. The van der Waals surface area contributed by atoms with Crippen LogP contribution >= 0.6 is 27.7 Å². The second-order valence-electron chi connectivity index (χ2n) is 4.81. The topological polar surface area (TPSA) is 28.7 Å². The van der Waals surface area contributed by atoms with Gasteiger partial charge in [-0.15, -0.1) is 11.8 Å². The van der Waals surface area contributed by atoms with Crippen LogP contribution in [0.2, 0.25) is 0 Å². The molecule has 100 valence electrons. The van der Waals surface area contributed by atoms with Gasteiger partial charge in [-0.05, 0) is 33.6 Å². The van der Waals surface area contributed by atoms with Crippen molar-refractivity contribution in [2.24, 2.45) is 0 Å². The van der Waals surface area contributed by atoms with Crippen LogP contribution in [0, 0.1) is 5.82 Å². The van der Waals surface area contributed by atoms with Gasteiger partial charge >= 0.3 is 0 Å². The molecule has 0 aliphatic carbocycles. The fourth-order valence-corrected chi connectivity index (χ4v) is 4.15. The summed E-state index contributed by atoms with van der Waals surface area (Å²) in [5.41, 5.74) is 2.84. The van der Waals surface area contributed by atoms with Crippen molar-refractivity contribution in [2.45, 2.75) is 10.8 Å². The van der Waals surface area contributed by atoms with E-state index in [-0.39, 0.29) is 11.7 Å². The first-order chi connectivity index (χ1) is 9.72. The Kier molecular flexibility index (Phi) is 2.86. The van der Waals surface area contributed by atoms with Gasteiger partial charge in [0.1, 0.15) is 11.6 Å². The number of fused-ring (bicyclic) bond motifs is 2. The van der Waals surface area contributed by atoms with E-state index in [1.807, 2.05) is 11.8 Å². The van der Waals surface area contributed by atoms with E-state index in [4.69, 9.17) is 0 Å². The van der Waals surface area contributed by atoms with Gasteiger partial charge in [-0.3, -0.25) is 0 Å². The predicted octanol–water partition coefficient (Wildman–Crippen LogP) is 4.70. The highest BCUT2D eigenvalue weighted by molar-refractivity contribution is 9.10. The van der Waals surface area contributed by atoms with Gasteiger partial charge in [0, 0.05) is 16.7 Å². The van der Waals surface area contributed by atoms with Crippen molar-refractivity contribution in [3.63, 3.8) is 0 Å². The second kappa shape index (κ2) is 4.60. The van der Waals surface area contributed by atoms with Gasteiger partial charge in [-0.2, -0.15) is 0 Å². The summed E-state index contributed by atoms with van der Waals surface area (Å²) in [5.74, 6) is 1.87. The van der Waals surface area contributed by atoms with Crippen LogP contribution in [-0.4, -0.2) is 15.7 Å². The Bertz CT molecular complexity index is 776. The molecule has 1 N–H and O–H groups in total. The minimum atomic E-state index is -0.270. The number of aromatic amines is 1. The van der Waals surface area contributed by atoms with Crippen molar-refractivity contribution in [1.29, 1.82) is 0 Å². The van der Waals surface area contributed by atoms with Crippen molar-refractivity contribution < 1.29 is 4.39 Å². The van der Waals surface area contributed by atoms with Crippen LogP contribution in [0.15, 0.2) is 45.8 Å². The number of thioether (sulfide) groups is 1. The van der Waals surface area contributed by atoms with Crippen molar-refractivity contribution in [2.75, 3.05) is 5.75 Å². The third-order valence-corrected chi connectivity index (χ3v) is 5.36. The molecule has 5 heteroatoms. The number of rotatable bonds is 1. The summed E-state index contributed by atoms with van der Waals surface area (Å²) >= 11 is 5.05. The number of halogens is 2. The van der Waals surface area contributed by atoms with Crippen molar-refractivity contribution in [3.05, 3.63) is 58.1 Å². The number of hydrogen-bond donors (Lipinski definition) is 1. The number of aromatic nitrogens is 2. The van der Waals surface area contributed by atoms with Gasteiger partial charge < -0.3 is 4.98 Å². The van der Waals surface area contributed by atoms with Crippen LogP contribution in [0.5, 0.6) is 0 Å². The van der Waals surface area contributed by atoms with Crippen LogP contribution in [0.1, 0.15) is 17.3 Å². The molecule has 2 heterocycles. The van der Waals surface area contributed by atoms with Crippen molar-refractivity contribution in [1.82, 2.24) is 9.97 Å². The molecule has 1 aliphatic heterocycles. The standard InChI is InChI=1S/C15H10BrFN2S/c16-10-5-12-13(6-11(10)17)19-15(18-12)9-7-20-14-4-2-1-3-8(9)14/h1-6,9H,7H2,(H,18,19). The molecule has 0 saturated carbocycles. The molecule has 4 rings (SSSR count). The molecule has 20 heavy (non-hydrogen) atoms. The zero-order chi connectivity index (χ0) is 13.7. The summed E-state index contributed by atoms with van der Waals surface area (Å²) in [6.07, 6.45) is 0. The number of hydrogen-bond acceptors (Lipinski definition) is 2. The van der Waals surface area contributed by atoms with Crippen molar-refractivity contribution in [3.8, 4) is 0 Å². The molecule has 1 atom stereocenters. The summed E-state index contributed by atoms with van der Waals surface area (Å²) in [4.78, 5) is 9.20. The molecule has 1 unspecified atom stereocenters. The largest absolute Gasteiger partial charge is 0.341 e. The lowest BCUT2D eigenvalue weighted by atomic mass is 10.0. The van der Waals surface area contributed by atoms with Crippen LogP contribution < -0.4 is 0 Å². The molecule has 1 aromatic heterocycles. The molecular formula is C15H10BrFN2S. The number of nitrogens with one attached hydrogen (secondary N) is 1. The Morgan fingerprint density at radius 1 is 1.30 bits per heavy atom. The fraction of sp³-hybridized carbons (Fsp3) is 0.133. The third kappa shape index (κ3) is 1.88. The number of imidazole rings is 1. The van der Waals surface area contributed by atoms with E-state index in [0.29, 0.717) is 4.47 Å². The number of nitrogens with zero attached hydrogens (tertiary/aromatic N) is 1. The molecule has 2 nitrogen and oxygen atoms in total. The summed E-state index contributed by atoms with van der Waals surface area (Å²) in [5, 5.41) is 0. The highest BCUT2D eigenvalue weighted by Crippen LogP contribution is 2.42. The molecule has 0 saturated heterocycles. The average molecular weight is 349 g/mol. The van der Waals surface area contributed by atoms with E-state index < -0.39 is 0 Å². The van der Waals surface area contributed by atoms with E-state index >= 15 is 0 Å². The monoisotopic (exact) mass is 348 g/mol. The maximum absolute atomic E-state index is 13.6. The van der Waals surface area contributed by atoms with Crippen LogP contribution in [0.4, 0.5) is 4.39 Å². The minimum absolute atomic E-state index is 0.255. The first-order valence-electron chi connectivity index (χ1n) is 6.29. The molecule has 0 amide bonds. The van der Waals surface area contributed by atoms with E-state index in [2.05, 4.69) is 50.2 Å². The van der Waals surface area contributed by atoms with E-state index in [1.54, 1.807) is 6.07 Å². The first-order valence-corrected chi connectivity index (χ1v) is 8.06. The van der Waals surface area contributed by atoms with Gasteiger partial charge in [-0.25, -0.2) is 9.37 Å². The lowest BCUT2D eigenvalue weighted by Crippen LogP contribution is -2.01. The highest BCUT2D eigenvalue weighted by atomic mass is 79.9. The summed E-state index contributed by atoms with van der Waals surface area (Å²) < 4.78 is 14.0. The molecule has 0 spiro atoms. The normalized spacial score (nSPS) is 17.6. The summed E-state index contributed by atoms with van der Waals surface area (Å²) in [6, 6.07) is 11.6. The van der Waals surface area contributed by atoms with Gasteiger partial charge in [-0.1, -0.05) is 18.2 Å². The van der Waals surface area contributed by atoms with Gasteiger partial charge in [0.05, 0.1) is 21.4 Å². The average Bonchev–Trinajstić information content (AvgIpc) is 3.02. The van der Waals surface area contributed by atoms with Gasteiger partial charge in [0.2, 0.25) is 0 Å². The van der Waals surface area contributed by atoms with Crippen LogP contribution in [-0.2, 0) is 0 Å². The molecule has 0 radical (unpaired) electrons. The van der Waals surface area contributed by atoms with Crippen LogP contribution in [0.25, 0.3) is 11.0 Å². The third-order valence-electron chi connectivity index (χ3n) is 3.57. The Balaban J connectivity index is 1.84. The van der Waals surface area contributed by atoms with Gasteiger partial charge in [0.15, 0.2) is 0 Å². The second-order valence-corrected chi connectivity index (χ2v) is 6.72. The Morgan fingerprint density at radius 3 is 3.05 bits per heavy atom. The maximum atomic E-state index is 13.6. The van der Waals surface area contributed by atoms with Crippen molar-refractivity contribution >= 4 is 38.7 Å². The smallest absolute Gasteiger partial charge is 0.139 e. The molecule has 3 aromatic rings. The molecule has 2 aromatic carbocycles. The lowest BCUT2D eigenvalue weighted by Gasteiger charge is -2.06. The highest BCUT2D eigenvalue weighted by Gasteiger charge is 2.26.